The molecule has 0 aromatic carbocycles. The highest BCUT2D eigenvalue weighted by Gasteiger charge is 2.20. The van der Waals surface area contributed by atoms with Crippen molar-refractivity contribution in [2.24, 2.45) is 5.92 Å². The molecule has 1 aliphatic heterocycles. The number of piperidine rings is 1. The minimum Gasteiger partial charge on any atom is -0.306 e. The molecule has 0 radical (unpaired) electrons. The monoisotopic (exact) mass is 316 g/mol. The molecule has 0 saturated carbocycles. The number of likely N-dealkylation sites (tertiary alicyclic amines) is 1. The number of hydrogen-bond donors (Lipinski definition) is 0. The highest BCUT2D eigenvalue weighted by Crippen LogP contribution is 2.29. The van der Waals surface area contributed by atoms with Crippen LogP contribution in [0.2, 0.25) is 0 Å². The Balaban J connectivity index is 1.77. The zero-order valence-electron chi connectivity index (χ0n) is 13.6. The third-order valence-corrected chi connectivity index (χ3v) is 5.22. The van der Waals surface area contributed by atoms with Crippen LogP contribution in [0.25, 0.3) is 10.6 Å². The third kappa shape index (κ3) is 3.70. The molecule has 22 heavy (non-hydrogen) atoms. The van der Waals surface area contributed by atoms with Crippen LogP contribution in [0, 0.1) is 5.92 Å². The second-order valence-corrected chi connectivity index (χ2v) is 7.74. The predicted octanol–water partition coefficient (Wildman–Crippen LogP) is 3.61. The maximum absolute atomic E-state index is 4.87. The summed E-state index contributed by atoms with van der Waals surface area (Å²) in [6.45, 7) is 6.74. The molecule has 1 saturated heterocycles. The quantitative estimate of drug-likeness (QED) is 0.864. The molecule has 0 amide bonds. The molecule has 1 aliphatic rings. The normalized spacial score (nSPS) is 17.3. The summed E-state index contributed by atoms with van der Waals surface area (Å²) in [5.74, 6) is 1.18. The molecule has 4 nitrogen and oxygen atoms in total. The Kier molecular flexibility index (Phi) is 4.84. The Morgan fingerprint density at radius 2 is 2.00 bits per heavy atom. The van der Waals surface area contributed by atoms with Gasteiger partial charge < -0.3 is 4.90 Å². The molecule has 0 N–H and O–H groups in total. The van der Waals surface area contributed by atoms with Gasteiger partial charge in [-0.3, -0.25) is 4.98 Å². The molecule has 3 heterocycles. The molecule has 0 bridgehead atoms. The van der Waals surface area contributed by atoms with Crippen LogP contribution in [-0.4, -0.2) is 40.0 Å². The van der Waals surface area contributed by atoms with E-state index in [2.05, 4.69) is 35.8 Å². The molecule has 3 rings (SSSR count). The minimum absolute atomic E-state index is 0.548. The van der Waals surface area contributed by atoms with Crippen LogP contribution in [0.1, 0.15) is 43.3 Å². The first-order valence-corrected chi connectivity index (χ1v) is 8.89. The first kappa shape index (κ1) is 15.6. The van der Waals surface area contributed by atoms with Crippen LogP contribution in [0.5, 0.6) is 0 Å². The van der Waals surface area contributed by atoms with Gasteiger partial charge in [0, 0.05) is 24.7 Å². The summed E-state index contributed by atoms with van der Waals surface area (Å²) in [5.41, 5.74) is 2.12. The van der Waals surface area contributed by atoms with Crippen molar-refractivity contribution in [3.8, 4) is 10.6 Å². The fourth-order valence-electron chi connectivity index (χ4n) is 2.87. The van der Waals surface area contributed by atoms with E-state index < -0.39 is 0 Å². The Bertz CT molecular complexity index is 615. The van der Waals surface area contributed by atoms with Crippen molar-refractivity contribution in [2.45, 2.75) is 39.0 Å². The summed E-state index contributed by atoms with van der Waals surface area (Å²) in [4.78, 5) is 17.4. The number of thiazole rings is 1. The topological polar surface area (TPSA) is 41.9 Å². The molecular formula is C17H24N4S. The second-order valence-electron chi connectivity index (χ2n) is 6.62. The van der Waals surface area contributed by atoms with Crippen LogP contribution in [-0.2, 0) is 6.42 Å². The fraction of sp³-hybridized carbons (Fsp3) is 0.588. The first-order valence-electron chi connectivity index (χ1n) is 8.07. The Hall–Kier alpha value is -1.33. The molecule has 0 atom stereocenters. The molecule has 0 aliphatic carbocycles. The van der Waals surface area contributed by atoms with Gasteiger partial charge in [0.1, 0.15) is 5.69 Å². The summed E-state index contributed by atoms with van der Waals surface area (Å²) in [7, 11) is 2.19. The Labute approximate surface area is 136 Å². The molecule has 2 aromatic rings. The lowest BCUT2D eigenvalue weighted by molar-refractivity contribution is 0.253. The van der Waals surface area contributed by atoms with Gasteiger partial charge in [-0.2, -0.15) is 0 Å². The van der Waals surface area contributed by atoms with Gasteiger partial charge in [0.15, 0.2) is 0 Å². The van der Waals surface area contributed by atoms with Gasteiger partial charge >= 0.3 is 0 Å². The number of hydrogen-bond acceptors (Lipinski definition) is 5. The van der Waals surface area contributed by atoms with Crippen LogP contribution in [0.4, 0.5) is 0 Å². The summed E-state index contributed by atoms with van der Waals surface area (Å²) < 4.78 is 0. The molecule has 118 valence electrons. The van der Waals surface area contributed by atoms with Crippen molar-refractivity contribution in [1.29, 1.82) is 0 Å². The van der Waals surface area contributed by atoms with E-state index in [1.54, 1.807) is 11.3 Å². The van der Waals surface area contributed by atoms with Crippen molar-refractivity contribution in [2.75, 3.05) is 20.1 Å². The van der Waals surface area contributed by atoms with E-state index in [0.29, 0.717) is 11.8 Å². The Morgan fingerprint density at radius 1 is 1.23 bits per heavy atom. The molecule has 2 aromatic heterocycles. The van der Waals surface area contributed by atoms with E-state index in [0.717, 1.165) is 35.8 Å². The maximum Gasteiger partial charge on any atom is 0.100 e. The van der Waals surface area contributed by atoms with Gasteiger partial charge in [-0.1, -0.05) is 13.8 Å². The summed E-state index contributed by atoms with van der Waals surface area (Å²) >= 11 is 1.75. The molecule has 5 heteroatoms. The summed E-state index contributed by atoms with van der Waals surface area (Å²) in [6.07, 6.45) is 9.14. The van der Waals surface area contributed by atoms with Crippen LogP contribution in [0.3, 0.4) is 0 Å². The summed E-state index contributed by atoms with van der Waals surface area (Å²) in [5, 5.41) is 1.19. The lowest BCUT2D eigenvalue weighted by Crippen LogP contribution is -2.29. The smallest absolute Gasteiger partial charge is 0.100 e. The van der Waals surface area contributed by atoms with Gasteiger partial charge in [0.05, 0.1) is 21.8 Å². The maximum atomic E-state index is 4.87. The van der Waals surface area contributed by atoms with Crippen molar-refractivity contribution in [3.05, 3.63) is 29.3 Å². The number of rotatable bonds is 4. The van der Waals surface area contributed by atoms with Crippen molar-refractivity contribution in [3.63, 3.8) is 0 Å². The van der Waals surface area contributed by atoms with E-state index in [4.69, 9.17) is 4.98 Å². The van der Waals surface area contributed by atoms with E-state index >= 15 is 0 Å². The third-order valence-electron chi connectivity index (χ3n) is 4.18. The Morgan fingerprint density at radius 3 is 2.73 bits per heavy atom. The van der Waals surface area contributed by atoms with Crippen molar-refractivity contribution in [1.82, 2.24) is 19.9 Å². The lowest BCUT2D eigenvalue weighted by Gasteiger charge is -2.28. The minimum atomic E-state index is 0.548. The predicted molar refractivity (Wildman–Crippen MR) is 91.2 cm³/mol. The molecule has 0 spiro atoms. The van der Waals surface area contributed by atoms with Crippen LogP contribution < -0.4 is 0 Å². The van der Waals surface area contributed by atoms with Gasteiger partial charge in [-0.15, -0.1) is 11.3 Å². The number of nitrogens with zero attached hydrogens (tertiary/aromatic N) is 4. The van der Waals surface area contributed by atoms with Crippen LogP contribution in [0.15, 0.2) is 18.6 Å². The van der Waals surface area contributed by atoms with E-state index in [1.165, 1.54) is 17.8 Å². The van der Waals surface area contributed by atoms with Crippen molar-refractivity contribution >= 4 is 11.3 Å². The standard InChI is InChI=1S/C17H24N4S/c1-12(2)8-17-19-11-16(22-17)15-10-18-9-14(20-15)13-4-6-21(3)7-5-13/h9-13H,4-8H2,1-3H3. The van der Waals surface area contributed by atoms with Gasteiger partial charge in [-0.25, -0.2) is 9.97 Å². The summed E-state index contributed by atoms with van der Waals surface area (Å²) in [6, 6.07) is 0. The zero-order chi connectivity index (χ0) is 15.5. The SMILES string of the molecule is CC(C)Cc1ncc(-c2cncc(C3CCN(C)CC3)n2)s1. The molecular weight excluding hydrogens is 292 g/mol. The van der Waals surface area contributed by atoms with E-state index in [-0.39, 0.29) is 0 Å². The molecule has 1 fully saturated rings. The van der Waals surface area contributed by atoms with Crippen molar-refractivity contribution < 1.29 is 0 Å². The average molecular weight is 316 g/mol. The van der Waals surface area contributed by atoms with Gasteiger partial charge in [0.2, 0.25) is 0 Å². The average Bonchev–Trinajstić information content (AvgIpc) is 2.96. The zero-order valence-corrected chi connectivity index (χ0v) is 14.4. The highest BCUT2D eigenvalue weighted by atomic mass is 32.1. The molecule has 0 unspecified atom stereocenters. The van der Waals surface area contributed by atoms with Crippen LogP contribution >= 0.6 is 11.3 Å². The first-order chi connectivity index (χ1) is 10.6. The van der Waals surface area contributed by atoms with E-state index in [1.807, 2.05) is 18.6 Å². The highest BCUT2D eigenvalue weighted by molar-refractivity contribution is 7.15. The fourth-order valence-corrected chi connectivity index (χ4v) is 3.96. The van der Waals surface area contributed by atoms with Gasteiger partial charge in [-0.05, 0) is 38.9 Å². The second kappa shape index (κ2) is 6.84. The van der Waals surface area contributed by atoms with E-state index in [9.17, 15) is 0 Å². The van der Waals surface area contributed by atoms with Gasteiger partial charge in [0.25, 0.3) is 0 Å². The largest absolute Gasteiger partial charge is 0.306 e. The number of aromatic nitrogens is 3. The lowest BCUT2D eigenvalue weighted by atomic mass is 9.94.